The van der Waals surface area contributed by atoms with Gasteiger partial charge in [-0.3, -0.25) is 0 Å². The van der Waals surface area contributed by atoms with E-state index in [-0.39, 0.29) is 12.2 Å². The minimum absolute atomic E-state index is 0.216. The SMILES string of the molecule is CO[C@H]1O[C@@H](C)[C@@H](OC)[C@@H](O)[C@@H]1OC. The predicted octanol–water partition coefficient (Wildman–Crippen LogP) is -0.231. The highest BCUT2D eigenvalue weighted by Gasteiger charge is 2.44. The average Bonchev–Trinajstić information content (AvgIpc) is 2.17. The Morgan fingerprint density at radius 1 is 1.00 bits per heavy atom. The Morgan fingerprint density at radius 2 is 1.57 bits per heavy atom. The first kappa shape index (κ1) is 11.9. The zero-order valence-corrected chi connectivity index (χ0v) is 8.97. The molecule has 1 N–H and O–H groups in total. The van der Waals surface area contributed by atoms with Crippen LogP contribution in [0, 0.1) is 0 Å². The van der Waals surface area contributed by atoms with Crippen molar-refractivity contribution in [3.8, 4) is 0 Å². The van der Waals surface area contributed by atoms with Crippen molar-refractivity contribution in [2.75, 3.05) is 21.3 Å². The molecule has 1 aliphatic heterocycles. The van der Waals surface area contributed by atoms with E-state index < -0.39 is 18.5 Å². The number of aliphatic hydroxyl groups excluding tert-OH is 1. The van der Waals surface area contributed by atoms with Gasteiger partial charge in [0.05, 0.1) is 6.10 Å². The molecule has 0 bridgehead atoms. The highest BCUT2D eigenvalue weighted by molar-refractivity contribution is 4.89. The van der Waals surface area contributed by atoms with Crippen molar-refractivity contribution in [2.24, 2.45) is 0 Å². The van der Waals surface area contributed by atoms with Gasteiger partial charge in [-0.25, -0.2) is 0 Å². The van der Waals surface area contributed by atoms with Gasteiger partial charge in [-0.15, -0.1) is 0 Å². The first-order valence-corrected chi connectivity index (χ1v) is 4.57. The Balaban J connectivity index is 2.72. The summed E-state index contributed by atoms with van der Waals surface area (Å²) in [6.45, 7) is 1.83. The maximum atomic E-state index is 9.89. The van der Waals surface area contributed by atoms with Gasteiger partial charge in [0.2, 0.25) is 0 Å². The third-order valence-corrected chi connectivity index (χ3v) is 2.53. The third kappa shape index (κ3) is 2.07. The minimum atomic E-state index is -0.737. The molecule has 5 atom stereocenters. The maximum absolute atomic E-state index is 9.89. The van der Waals surface area contributed by atoms with E-state index in [4.69, 9.17) is 18.9 Å². The summed E-state index contributed by atoms with van der Waals surface area (Å²) in [6.07, 6.45) is -2.39. The lowest BCUT2D eigenvalue weighted by atomic mass is 9.99. The van der Waals surface area contributed by atoms with Crippen LogP contribution in [0.5, 0.6) is 0 Å². The lowest BCUT2D eigenvalue weighted by Gasteiger charge is -2.41. The summed E-state index contributed by atoms with van der Waals surface area (Å²) in [5.41, 5.74) is 0. The van der Waals surface area contributed by atoms with E-state index in [9.17, 15) is 5.11 Å². The summed E-state index contributed by atoms with van der Waals surface area (Å²) >= 11 is 0. The summed E-state index contributed by atoms with van der Waals surface area (Å²) in [5.74, 6) is 0. The number of hydrogen-bond donors (Lipinski definition) is 1. The summed E-state index contributed by atoms with van der Waals surface area (Å²) in [5, 5.41) is 9.89. The second-order valence-electron chi connectivity index (χ2n) is 3.34. The highest BCUT2D eigenvalue weighted by atomic mass is 16.7. The first-order chi connectivity index (χ1) is 6.65. The maximum Gasteiger partial charge on any atom is 0.186 e. The van der Waals surface area contributed by atoms with Gasteiger partial charge in [0.25, 0.3) is 0 Å². The lowest BCUT2D eigenvalue weighted by Crippen LogP contribution is -2.58. The van der Waals surface area contributed by atoms with E-state index in [2.05, 4.69) is 0 Å². The van der Waals surface area contributed by atoms with E-state index in [1.54, 1.807) is 0 Å². The molecule has 0 aromatic rings. The Bertz CT molecular complexity index is 175. The molecule has 0 aromatic carbocycles. The minimum Gasteiger partial charge on any atom is -0.387 e. The van der Waals surface area contributed by atoms with Crippen LogP contribution in [-0.2, 0) is 18.9 Å². The van der Waals surface area contributed by atoms with Crippen LogP contribution in [-0.4, -0.2) is 57.1 Å². The monoisotopic (exact) mass is 206 g/mol. The van der Waals surface area contributed by atoms with E-state index in [0.29, 0.717) is 0 Å². The van der Waals surface area contributed by atoms with E-state index in [1.807, 2.05) is 6.92 Å². The summed E-state index contributed by atoms with van der Waals surface area (Å²) in [6, 6.07) is 0. The molecule has 1 fully saturated rings. The van der Waals surface area contributed by atoms with Gasteiger partial charge >= 0.3 is 0 Å². The van der Waals surface area contributed by atoms with Crippen molar-refractivity contribution in [3.63, 3.8) is 0 Å². The smallest absolute Gasteiger partial charge is 0.186 e. The Kier molecular flexibility index (Phi) is 4.28. The highest BCUT2D eigenvalue weighted by Crippen LogP contribution is 2.24. The number of hydrogen-bond acceptors (Lipinski definition) is 5. The number of ether oxygens (including phenoxy) is 4. The molecule has 0 saturated carbocycles. The molecule has 0 radical (unpaired) electrons. The molecular weight excluding hydrogens is 188 g/mol. The fraction of sp³-hybridized carbons (Fsp3) is 1.00. The molecule has 5 nitrogen and oxygen atoms in total. The Hall–Kier alpha value is -0.200. The fourth-order valence-corrected chi connectivity index (χ4v) is 1.76. The van der Waals surface area contributed by atoms with E-state index in [1.165, 1.54) is 21.3 Å². The second kappa shape index (κ2) is 5.04. The van der Waals surface area contributed by atoms with Gasteiger partial charge in [-0.05, 0) is 6.92 Å². The molecule has 14 heavy (non-hydrogen) atoms. The fourth-order valence-electron chi connectivity index (χ4n) is 1.76. The zero-order chi connectivity index (χ0) is 10.7. The van der Waals surface area contributed by atoms with Crippen molar-refractivity contribution in [1.82, 2.24) is 0 Å². The van der Waals surface area contributed by atoms with Crippen LogP contribution >= 0.6 is 0 Å². The van der Waals surface area contributed by atoms with Crippen molar-refractivity contribution >= 4 is 0 Å². The molecule has 0 spiro atoms. The van der Waals surface area contributed by atoms with Gasteiger partial charge in [0, 0.05) is 21.3 Å². The average molecular weight is 206 g/mol. The van der Waals surface area contributed by atoms with Gasteiger partial charge in [0.15, 0.2) is 6.29 Å². The van der Waals surface area contributed by atoms with Gasteiger partial charge in [-0.1, -0.05) is 0 Å². The quantitative estimate of drug-likeness (QED) is 0.691. The van der Waals surface area contributed by atoms with Crippen molar-refractivity contribution < 1.29 is 24.1 Å². The third-order valence-electron chi connectivity index (χ3n) is 2.53. The Morgan fingerprint density at radius 3 is 2.00 bits per heavy atom. The molecule has 84 valence electrons. The molecule has 0 aliphatic carbocycles. The molecule has 0 amide bonds. The van der Waals surface area contributed by atoms with Crippen LogP contribution in [0.15, 0.2) is 0 Å². The zero-order valence-electron chi connectivity index (χ0n) is 8.97. The van der Waals surface area contributed by atoms with Gasteiger partial charge < -0.3 is 24.1 Å². The summed E-state index contributed by atoms with van der Waals surface area (Å²) in [7, 11) is 4.56. The van der Waals surface area contributed by atoms with Crippen LogP contribution in [0.25, 0.3) is 0 Å². The summed E-state index contributed by atoms with van der Waals surface area (Å²) in [4.78, 5) is 0. The molecule has 0 aromatic heterocycles. The van der Waals surface area contributed by atoms with Crippen molar-refractivity contribution in [1.29, 1.82) is 0 Å². The molecular formula is C9H18O5. The normalized spacial score (nSPS) is 43.9. The number of methoxy groups -OCH3 is 3. The topological polar surface area (TPSA) is 57.2 Å². The molecule has 5 heteroatoms. The first-order valence-electron chi connectivity index (χ1n) is 4.57. The van der Waals surface area contributed by atoms with Crippen LogP contribution in [0.3, 0.4) is 0 Å². The predicted molar refractivity (Wildman–Crippen MR) is 48.9 cm³/mol. The number of aliphatic hydroxyl groups is 1. The van der Waals surface area contributed by atoms with Crippen LogP contribution in [0.1, 0.15) is 6.92 Å². The lowest BCUT2D eigenvalue weighted by molar-refractivity contribution is -0.294. The van der Waals surface area contributed by atoms with Gasteiger partial charge in [0.1, 0.15) is 18.3 Å². The van der Waals surface area contributed by atoms with Crippen LogP contribution in [0.4, 0.5) is 0 Å². The largest absolute Gasteiger partial charge is 0.387 e. The molecule has 1 rings (SSSR count). The summed E-state index contributed by atoms with van der Waals surface area (Å²) < 4.78 is 20.8. The second-order valence-corrected chi connectivity index (χ2v) is 3.34. The van der Waals surface area contributed by atoms with E-state index in [0.717, 1.165) is 0 Å². The van der Waals surface area contributed by atoms with E-state index >= 15 is 0 Å². The molecule has 1 heterocycles. The molecule has 1 saturated heterocycles. The number of rotatable bonds is 3. The Labute approximate surface area is 83.9 Å². The standard InChI is InChI=1S/C9H18O5/c1-5-7(11-2)6(10)8(12-3)9(13-4)14-5/h5-10H,1-4H3/t5-,6+,7+,8-,9-/m0/s1. The van der Waals surface area contributed by atoms with Gasteiger partial charge in [-0.2, -0.15) is 0 Å². The molecule has 1 aliphatic rings. The molecule has 0 unspecified atom stereocenters. The van der Waals surface area contributed by atoms with Crippen LogP contribution in [0.2, 0.25) is 0 Å². The van der Waals surface area contributed by atoms with Crippen molar-refractivity contribution in [3.05, 3.63) is 0 Å². The van der Waals surface area contributed by atoms with Crippen LogP contribution < -0.4 is 0 Å². The van der Waals surface area contributed by atoms with Crippen molar-refractivity contribution in [2.45, 2.75) is 37.6 Å².